The lowest BCUT2D eigenvalue weighted by Crippen LogP contribution is -2.17. The molecule has 0 amide bonds. The molecule has 3 rings (SSSR count). The summed E-state index contributed by atoms with van der Waals surface area (Å²) in [6, 6.07) is 8.01. The van der Waals surface area contributed by atoms with Gasteiger partial charge in [0.2, 0.25) is 0 Å². The predicted octanol–water partition coefficient (Wildman–Crippen LogP) is 4.69. The normalized spacial score (nSPS) is 10.8. The van der Waals surface area contributed by atoms with Gasteiger partial charge < -0.3 is 13.9 Å². The van der Waals surface area contributed by atoms with E-state index in [0.29, 0.717) is 32.9 Å². The summed E-state index contributed by atoms with van der Waals surface area (Å²) in [5.74, 6) is -0.493. The maximum atomic E-state index is 12.5. The summed E-state index contributed by atoms with van der Waals surface area (Å²) < 4.78 is 15.8. The van der Waals surface area contributed by atoms with E-state index in [9.17, 15) is 14.4 Å². The summed E-state index contributed by atoms with van der Waals surface area (Å²) in [5, 5.41) is 1.14. The minimum atomic E-state index is -0.617. The highest BCUT2D eigenvalue weighted by molar-refractivity contribution is 6.42. The van der Waals surface area contributed by atoms with Crippen LogP contribution in [0.1, 0.15) is 27.0 Å². The van der Waals surface area contributed by atoms with Crippen LogP contribution in [0.4, 0.5) is 0 Å². The number of carbonyl (C=O) groups excluding carboxylic acids is 2. The molecule has 156 valence electrons. The van der Waals surface area contributed by atoms with E-state index in [2.05, 4.69) is 4.74 Å². The molecule has 0 fully saturated rings. The van der Waals surface area contributed by atoms with Crippen molar-refractivity contribution in [1.29, 1.82) is 0 Å². The van der Waals surface area contributed by atoms with E-state index in [1.807, 2.05) is 6.92 Å². The summed E-state index contributed by atoms with van der Waals surface area (Å²) >= 11 is 11.9. The van der Waals surface area contributed by atoms with Gasteiger partial charge in [0.25, 0.3) is 0 Å². The van der Waals surface area contributed by atoms with Gasteiger partial charge in [0.1, 0.15) is 11.3 Å². The number of benzene rings is 2. The average Bonchev–Trinajstić information content (AvgIpc) is 2.70. The van der Waals surface area contributed by atoms with Crippen molar-refractivity contribution in [3.63, 3.8) is 0 Å². The average molecular weight is 449 g/mol. The number of aryl methyl sites for hydroxylation is 2. The molecule has 1 heterocycles. The third kappa shape index (κ3) is 4.50. The van der Waals surface area contributed by atoms with Crippen molar-refractivity contribution in [2.45, 2.75) is 20.3 Å². The maximum absolute atomic E-state index is 12.5. The van der Waals surface area contributed by atoms with Gasteiger partial charge in [0, 0.05) is 5.56 Å². The van der Waals surface area contributed by atoms with Gasteiger partial charge in [0.05, 0.1) is 34.5 Å². The molecule has 0 atom stereocenters. The number of carbonyl (C=O) groups is 2. The van der Waals surface area contributed by atoms with E-state index in [0.717, 1.165) is 5.56 Å². The van der Waals surface area contributed by atoms with Crippen LogP contribution in [0.25, 0.3) is 11.0 Å². The van der Waals surface area contributed by atoms with E-state index in [1.165, 1.54) is 19.2 Å². The van der Waals surface area contributed by atoms with Gasteiger partial charge in [0.15, 0.2) is 12.4 Å². The molecule has 3 aromatic rings. The molecule has 6 nitrogen and oxygen atoms in total. The minimum Gasteiger partial charge on any atom is -0.485 e. The summed E-state index contributed by atoms with van der Waals surface area (Å²) in [6.45, 7) is 3.24. The van der Waals surface area contributed by atoms with Gasteiger partial charge in [-0.3, -0.25) is 9.59 Å². The Morgan fingerprint density at radius 3 is 2.47 bits per heavy atom. The summed E-state index contributed by atoms with van der Waals surface area (Å²) in [4.78, 5) is 36.6. The third-order valence-electron chi connectivity index (χ3n) is 4.64. The smallest absolute Gasteiger partial charge is 0.340 e. The second-order valence-corrected chi connectivity index (χ2v) is 7.54. The van der Waals surface area contributed by atoms with E-state index in [4.69, 9.17) is 32.4 Å². The van der Waals surface area contributed by atoms with Crippen LogP contribution >= 0.6 is 23.2 Å². The first-order chi connectivity index (χ1) is 14.2. The van der Waals surface area contributed by atoms with Crippen molar-refractivity contribution in [3.8, 4) is 5.75 Å². The van der Waals surface area contributed by atoms with Crippen LogP contribution in [0.3, 0.4) is 0 Å². The number of ketones is 1. The Morgan fingerprint density at radius 1 is 1.07 bits per heavy atom. The number of ether oxygens (including phenoxy) is 2. The zero-order valence-electron chi connectivity index (χ0n) is 16.5. The van der Waals surface area contributed by atoms with Crippen LogP contribution in [-0.2, 0) is 16.0 Å². The first-order valence-corrected chi connectivity index (χ1v) is 9.71. The number of hydrogen-bond donors (Lipinski definition) is 0. The monoisotopic (exact) mass is 448 g/mol. The molecule has 0 bridgehead atoms. The lowest BCUT2D eigenvalue weighted by atomic mass is 10.0. The number of hydrogen-bond acceptors (Lipinski definition) is 6. The SMILES string of the molecule is COC(=O)Cc1c(C)c2c(OCC(=O)c3ccc(Cl)c(Cl)c3)cc(C)cc2oc1=O. The Morgan fingerprint density at radius 2 is 1.80 bits per heavy atom. The molecule has 0 spiro atoms. The third-order valence-corrected chi connectivity index (χ3v) is 5.38. The quantitative estimate of drug-likeness (QED) is 0.308. The van der Waals surface area contributed by atoms with E-state index in [-0.39, 0.29) is 29.4 Å². The number of fused-ring (bicyclic) bond motifs is 1. The van der Waals surface area contributed by atoms with E-state index >= 15 is 0 Å². The molecule has 0 aliphatic heterocycles. The molecule has 30 heavy (non-hydrogen) atoms. The number of rotatable bonds is 6. The fraction of sp³-hybridized carbons (Fsp3) is 0.227. The lowest BCUT2D eigenvalue weighted by Gasteiger charge is -2.13. The maximum Gasteiger partial charge on any atom is 0.340 e. The Labute approximate surface area is 182 Å². The largest absolute Gasteiger partial charge is 0.485 e. The molecule has 0 saturated carbocycles. The van der Waals surface area contributed by atoms with Crippen molar-refractivity contribution in [2.24, 2.45) is 0 Å². The summed E-state index contributed by atoms with van der Waals surface area (Å²) in [7, 11) is 1.24. The van der Waals surface area contributed by atoms with Crippen LogP contribution in [0.15, 0.2) is 39.5 Å². The van der Waals surface area contributed by atoms with Crippen molar-refractivity contribution in [1.82, 2.24) is 0 Å². The molecule has 0 radical (unpaired) electrons. The second-order valence-electron chi connectivity index (χ2n) is 6.72. The van der Waals surface area contributed by atoms with E-state index < -0.39 is 11.6 Å². The Balaban J connectivity index is 1.99. The fourth-order valence-electron chi connectivity index (χ4n) is 3.07. The molecule has 0 saturated heterocycles. The van der Waals surface area contributed by atoms with Gasteiger partial charge in [-0.15, -0.1) is 0 Å². The summed E-state index contributed by atoms with van der Waals surface area (Å²) in [6.07, 6.45) is -0.226. The van der Waals surface area contributed by atoms with Gasteiger partial charge in [-0.2, -0.15) is 0 Å². The molecule has 0 N–H and O–H groups in total. The zero-order valence-corrected chi connectivity index (χ0v) is 18.0. The Kier molecular flexibility index (Phi) is 6.48. The highest BCUT2D eigenvalue weighted by atomic mass is 35.5. The molecule has 0 unspecified atom stereocenters. The number of methoxy groups -OCH3 is 1. The standard InChI is InChI=1S/C22H18Cl2O6/c1-11-6-18(29-10-17(25)13-4-5-15(23)16(24)8-13)21-12(2)14(9-20(26)28-3)22(27)30-19(21)7-11/h4-8H,9-10H2,1-3H3. The molecule has 1 aromatic heterocycles. The molecule has 2 aromatic carbocycles. The van der Waals surface area contributed by atoms with Crippen LogP contribution in [0.2, 0.25) is 10.0 Å². The topological polar surface area (TPSA) is 82.8 Å². The van der Waals surface area contributed by atoms with Gasteiger partial charge in [-0.1, -0.05) is 23.2 Å². The number of halogens is 2. The Hall–Kier alpha value is -2.83. The first-order valence-electron chi connectivity index (χ1n) is 8.96. The van der Waals surface area contributed by atoms with E-state index in [1.54, 1.807) is 25.1 Å². The lowest BCUT2D eigenvalue weighted by molar-refractivity contribution is -0.139. The van der Waals surface area contributed by atoms with Gasteiger partial charge >= 0.3 is 11.6 Å². The molecular weight excluding hydrogens is 431 g/mol. The number of esters is 1. The molecular formula is C22H18Cl2O6. The highest BCUT2D eigenvalue weighted by Gasteiger charge is 2.19. The Bertz CT molecular complexity index is 1210. The van der Waals surface area contributed by atoms with Crippen LogP contribution in [-0.4, -0.2) is 25.5 Å². The summed E-state index contributed by atoms with van der Waals surface area (Å²) in [5.41, 5.74) is 1.54. The van der Waals surface area contributed by atoms with Gasteiger partial charge in [-0.05, 0) is 55.3 Å². The highest BCUT2D eigenvalue weighted by Crippen LogP contribution is 2.31. The van der Waals surface area contributed by atoms with Crippen molar-refractivity contribution in [3.05, 3.63) is 73.1 Å². The van der Waals surface area contributed by atoms with Crippen LogP contribution < -0.4 is 10.4 Å². The predicted molar refractivity (Wildman–Crippen MR) is 114 cm³/mol. The first kappa shape index (κ1) is 21.9. The molecule has 8 heteroatoms. The van der Waals surface area contributed by atoms with Crippen molar-refractivity contribution in [2.75, 3.05) is 13.7 Å². The van der Waals surface area contributed by atoms with Crippen LogP contribution in [0.5, 0.6) is 5.75 Å². The molecule has 0 aliphatic carbocycles. The second kappa shape index (κ2) is 8.90. The zero-order chi connectivity index (χ0) is 22.0. The van der Waals surface area contributed by atoms with Crippen LogP contribution in [0, 0.1) is 13.8 Å². The fourth-order valence-corrected chi connectivity index (χ4v) is 3.37. The molecule has 0 aliphatic rings. The van der Waals surface area contributed by atoms with Gasteiger partial charge in [-0.25, -0.2) is 4.79 Å². The number of Topliss-reactive ketones (excluding diaryl/α,β-unsaturated/α-hetero) is 1. The minimum absolute atomic E-state index is 0.180. The van der Waals surface area contributed by atoms with Crippen molar-refractivity contribution >= 4 is 45.9 Å². The van der Waals surface area contributed by atoms with Crippen molar-refractivity contribution < 1.29 is 23.5 Å².